The van der Waals surface area contributed by atoms with Crippen LogP contribution in [0.4, 0.5) is 0 Å². The highest BCUT2D eigenvalue weighted by Crippen LogP contribution is 2.29. The molecule has 1 heterocycles. The lowest BCUT2D eigenvalue weighted by atomic mass is 10.00. The van der Waals surface area contributed by atoms with Crippen LogP contribution in [0.5, 0.6) is 0 Å². The maximum Gasteiger partial charge on any atom is 0.0185 e. The van der Waals surface area contributed by atoms with Gasteiger partial charge in [0, 0.05) is 24.2 Å². The van der Waals surface area contributed by atoms with Crippen molar-refractivity contribution in [1.82, 2.24) is 4.90 Å². The van der Waals surface area contributed by atoms with Gasteiger partial charge in [-0.2, -0.15) is 0 Å². The second kappa shape index (κ2) is 2.76. The van der Waals surface area contributed by atoms with Crippen LogP contribution in [-0.2, 0) is 0 Å². The van der Waals surface area contributed by atoms with Crippen LogP contribution in [0.25, 0.3) is 0 Å². The molecule has 1 fully saturated rings. The summed E-state index contributed by atoms with van der Waals surface area (Å²) >= 11 is 0. The molecule has 1 atom stereocenters. The molecule has 11 heavy (non-hydrogen) atoms. The molecule has 1 rings (SSSR count). The molecule has 0 aliphatic carbocycles. The van der Waals surface area contributed by atoms with Crippen molar-refractivity contribution in [2.45, 2.75) is 51.7 Å². The van der Waals surface area contributed by atoms with E-state index in [9.17, 15) is 0 Å². The van der Waals surface area contributed by atoms with Crippen molar-refractivity contribution in [3.8, 4) is 0 Å². The Morgan fingerprint density at radius 1 is 1.45 bits per heavy atom. The van der Waals surface area contributed by atoms with Crippen molar-refractivity contribution in [1.29, 1.82) is 0 Å². The first-order chi connectivity index (χ1) is 4.93. The predicted molar refractivity (Wildman–Crippen MR) is 48.5 cm³/mol. The molecule has 0 bridgehead atoms. The fourth-order valence-corrected chi connectivity index (χ4v) is 2.23. The molecular formula is C9H20N2. The van der Waals surface area contributed by atoms with Gasteiger partial charge in [0.1, 0.15) is 0 Å². The summed E-state index contributed by atoms with van der Waals surface area (Å²) < 4.78 is 0. The highest BCUT2D eigenvalue weighted by atomic mass is 15.2. The van der Waals surface area contributed by atoms with Gasteiger partial charge in [0.05, 0.1) is 0 Å². The normalized spacial score (nSPS) is 31.6. The molecule has 1 aliphatic rings. The molecule has 2 nitrogen and oxygen atoms in total. The summed E-state index contributed by atoms with van der Waals surface area (Å²) in [7, 11) is 0. The van der Waals surface area contributed by atoms with Crippen LogP contribution < -0.4 is 5.73 Å². The average Bonchev–Trinajstić information content (AvgIpc) is 2.04. The van der Waals surface area contributed by atoms with Crippen LogP contribution in [0.1, 0.15) is 34.1 Å². The fourth-order valence-electron chi connectivity index (χ4n) is 2.23. The Morgan fingerprint density at radius 2 is 2.00 bits per heavy atom. The third-order valence-corrected chi connectivity index (χ3v) is 2.59. The summed E-state index contributed by atoms with van der Waals surface area (Å²) in [5.41, 5.74) is 6.21. The van der Waals surface area contributed by atoms with E-state index in [0.717, 1.165) is 13.0 Å². The Morgan fingerprint density at radius 3 is 2.18 bits per heavy atom. The lowest BCUT2D eigenvalue weighted by Gasteiger charge is -2.34. The maximum atomic E-state index is 5.90. The van der Waals surface area contributed by atoms with E-state index < -0.39 is 0 Å². The first-order valence-corrected chi connectivity index (χ1v) is 4.46. The van der Waals surface area contributed by atoms with Crippen molar-refractivity contribution in [2.24, 2.45) is 5.73 Å². The Balaban J connectivity index is 2.66. The number of likely N-dealkylation sites (tertiary alicyclic amines) is 1. The van der Waals surface area contributed by atoms with Crippen molar-refractivity contribution >= 4 is 0 Å². The average molecular weight is 156 g/mol. The summed E-state index contributed by atoms with van der Waals surface area (Å²) in [6.07, 6.45) is 1.13. The SMILES string of the molecule is CC(C)N1CC(N)CC1(C)C. The second-order valence-electron chi connectivity index (χ2n) is 4.52. The van der Waals surface area contributed by atoms with Crippen molar-refractivity contribution in [2.75, 3.05) is 6.54 Å². The molecule has 2 N–H and O–H groups in total. The van der Waals surface area contributed by atoms with Gasteiger partial charge in [-0.05, 0) is 34.1 Å². The monoisotopic (exact) mass is 156 g/mol. The van der Waals surface area contributed by atoms with E-state index in [1.54, 1.807) is 0 Å². The van der Waals surface area contributed by atoms with Gasteiger partial charge in [-0.1, -0.05) is 0 Å². The van der Waals surface area contributed by atoms with E-state index >= 15 is 0 Å². The van der Waals surface area contributed by atoms with Gasteiger partial charge < -0.3 is 5.73 Å². The standard InChI is InChI=1S/C9H20N2/c1-7(2)11-6-8(10)5-9(11,3)4/h7-8H,5-6,10H2,1-4H3. The van der Waals surface area contributed by atoms with Gasteiger partial charge in [0.2, 0.25) is 0 Å². The topological polar surface area (TPSA) is 29.3 Å². The number of nitrogens with two attached hydrogens (primary N) is 1. The van der Waals surface area contributed by atoms with Crippen molar-refractivity contribution in [3.63, 3.8) is 0 Å². The molecule has 1 aliphatic heterocycles. The number of hydrogen-bond acceptors (Lipinski definition) is 2. The van der Waals surface area contributed by atoms with Crippen LogP contribution in [0, 0.1) is 0 Å². The molecule has 2 heteroatoms. The molecule has 0 aromatic carbocycles. The maximum absolute atomic E-state index is 5.90. The highest BCUT2D eigenvalue weighted by molar-refractivity contribution is 4.95. The number of nitrogens with zero attached hydrogens (tertiary/aromatic N) is 1. The van der Waals surface area contributed by atoms with Crippen LogP contribution >= 0.6 is 0 Å². The van der Waals surface area contributed by atoms with E-state index in [2.05, 4.69) is 32.6 Å². The van der Waals surface area contributed by atoms with Gasteiger partial charge in [-0.25, -0.2) is 0 Å². The summed E-state index contributed by atoms with van der Waals surface area (Å²) in [5, 5.41) is 0. The minimum atomic E-state index is 0.313. The summed E-state index contributed by atoms with van der Waals surface area (Å²) in [5.74, 6) is 0. The summed E-state index contributed by atoms with van der Waals surface area (Å²) in [4.78, 5) is 2.48. The smallest absolute Gasteiger partial charge is 0.0185 e. The molecular weight excluding hydrogens is 136 g/mol. The molecule has 0 aromatic rings. The first-order valence-electron chi connectivity index (χ1n) is 4.46. The Kier molecular flexibility index (Phi) is 2.26. The van der Waals surface area contributed by atoms with E-state index in [1.165, 1.54) is 0 Å². The highest BCUT2D eigenvalue weighted by Gasteiger charge is 2.37. The third kappa shape index (κ3) is 1.74. The Bertz CT molecular complexity index is 140. The van der Waals surface area contributed by atoms with Crippen LogP contribution in [0.15, 0.2) is 0 Å². The summed E-state index contributed by atoms with van der Waals surface area (Å²) in [6, 6.07) is 1.01. The molecule has 0 radical (unpaired) electrons. The van der Waals surface area contributed by atoms with Crippen molar-refractivity contribution in [3.05, 3.63) is 0 Å². The van der Waals surface area contributed by atoms with Gasteiger partial charge in [0.15, 0.2) is 0 Å². The van der Waals surface area contributed by atoms with E-state index in [0.29, 0.717) is 17.6 Å². The second-order valence-corrected chi connectivity index (χ2v) is 4.52. The third-order valence-electron chi connectivity index (χ3n) is 2.59. The van der Waals surface area contributed by atoms with Crippen molar-refractivity contribution < 1.29 is 0 Å². The minimum Gasteiger partial charge on any atom is -0.326 e. The van der Waals surface area contributed by atoms with Gasteiger partial charge in [-0.15, -0.1) is 0 Å². The van der Waals surface area contributed by atoms with Gasteiger partial charge >= 0.3 is 0 Å². The van der Waals surface area contributed by atoms with E-state index in [-0.39, 0.29) is 0 Å². The lowest BCUT2D eigenvalue weighted by molar-refractivity contribution is 0.134. The van der Waals surface area contributed by atoms with E-state index in [1.807, 2.05) is 0 Å². The molecule has 0 amide bonds. The van der Waals surface area contributed by atoms with Gasteiger partial charge in [-0.3, -0.25) is 4.90 Å². The zero-order valence-electron chi connectivity index (χ0n) is 8.09. The number of hydrogen-bond donors (Lipinski definition) is 1. The minimum absolute atomic E-state index is 0.313. The van der Waals surface area contributed by atoms with Crippen LogP contribution in [0.2, 0.25) is 0 Å². The molecule has 1 saturated heterocycles. The molecule has 66 valence electrons. The van der Waals surface area contributed by atoms with Crippen LogP contribution in [0.3, 0.4) is 0 Å². The molecule has 0 aromatic heterocycles. The first kappa shape index (κ1) is 9.01. The van der Waals surface area contributed by atoms with Gasteiger partial charge in [0.25, 0.3) is 0 Å². The Labute approximate surface area is 69.8 Å². The van der Waals surface area contributed by atoms with E-state index in [4.69, 9.17) is 5.73 Å². The summed E-state index contributed by atoms with van der Waals surface area (Å²) in [6.45, 7) is 10.1. The molecule has 1 unspecified atom stereocenters. The van der Waals surface area contributed by atoms with Crippen LogP contribution in [-0.4, -0.2) is 29.1 Å². The zero-order valence-corrected chi connectivity index (χ0v) is 8.09. The predicted octanol–water partition coefficient (Wildman–Crippen LogP) is 1.21. The largest absolute Gasteiger partial charge is 0.326 e. The zero-order chi connectivity index (χ0) is 8.65. The lowest BCUT2D eigenvalue weighted by Crippen LogP contribution is -2.42. The Hall–Kier alpha value is -0.0800. The quantitative estimate of drug-likeness (QED) is 0.618. The number of rotatable bonds is 1. The molecule has 0 spiro atoms. The fraction of sp³-hybridized carbons (Fsp3) is 1.00. The molecule has 0 saturated carbocycles.